The molecule has 0 aliphatic rings. The minimum Gasteiger partial charge on any atom is -0.505 e. The number of rotatable bonds is 7. The molecule has 4 nitrogen and oxygen atoms in total. The minimum absolute atomic E-state index is 0.178. The van der Waals surface area contributed by atoms with Gasteiger partial charge in [0.05, 0.1) is 0 Å². The molecule has 0 bridgehead atoms. The van der Waals surface area contributed by atoms with E-state index in [1.54, 1.807) is 17.8 Å². The lowest BCUT2D eigenvalue weighted by Crippen LogP contribution is -2.02. The number of benzene rings is 3. The summed E-state index contributed by atoms with van der Waals surface area (Å²) in [5, 5.41) is 20.0. The van der Waals surface area contributed by atoms with Gasteiger partial charge in [-0.05, 0) is 54.8 Å². The lowest BCUT2D eigenvalue weighted by atomic mass is 10.0. The third-order valence-corrected chi connectivity index (χ3v) is 5.52. The average Bonchev–Trinajstić information content (AvgIpc) is 3.14. The highest BCUT2D eigenvalue weighted by molar-refractivity contribution is 7.99. The van der Waals surface area contributed by atoms with Crippen molar-refractivity contribution in [3.05, 3.63) is 97.1 Å². The Morgan fingerprint density at radius 2 is 1.62 bits per heavy atom. The van der Waals surface area contributed by atoms with Gasteiger partial charge in [-0.2, -0.15) is 0 Å². The summed E-state index contributed by atoms with van der Waals surface area (Å²) in [6.07, 6.45) is 4.89. The van der Waals surface area contributed by atoms with Gasteiger partial charge in [0.2, 0.25) is 0 Å². The van der Waals surface area contributed by atoms with Crippen LogP contribution in [0.5, 0.6) is 5.75 Å². The normalized spacial score (nSPS) is 10.9. The van der Waals surface area contributed by atoms with E-state index in [1.807, 2.05) is 54.6 Å². The van der Waals surface area contributed by atoms with Crippen molar-refractivity contribution in [1.82, 2.24) is 15.0 Å². The maximum absolute atomic E-state index is 10.8. The van der Waals surface area contributed by atoms with Gasteiger partial charge < -0.3 is 5.11 Å². The molecular weight excluding hydrogens is 378 g/mol. The predicted molar refractivity (Wildman–Crippen MR) is 119 cm³/mol. The van der Waals surface area contributed by atoms with E-state index in [-0.39, 0.29) is 5.75 Å². The van der Waals surface area contributed by atoms with Crippen LogP contribution in [0.2, 0.25) is 0 Å². The van der Waals surface area contributed by atoms with Gasteiger partial charge >= 0.3 is 0 Å². The Morgan fingerprint density at radius 3 is 2.38 bits per heavy atom. The van der Waals surface area contributed by atoms with Crippen LogP contribution < -0.4 is 0 Å². The Balaban J connectivity index is 1.74. The van der Waals surface area contributed by atoms with E-state index in [0.29, 0.717) is 18.5 Å². The second kappa shape index (κ2) is 8.37. The van der Waals surface area contributed by atoms with Crippen molar-refractivity contribution in [2.24, 2.45) is 0 Å². The molecule has 0 spiro atoms. The second-order valence-electron chi connectivity index (χ2n) is 6.66. The van der Waals surface area contributed by atoms with Gasteiger partial charge in [0.25, 0.3) is 0 Å². The third kappa shape index (κ3) is 4.10. The quantitative estimate of drug-likeness (QED) is 0.403. The fourth-order valence-electron chi connectivity index (χ4n) is 3.18. The zero-order valence-electron chi connectivity index (χ0n) is 16.0. The predicted octanol–water partition coefficient (Wildman–Crippen LogP) is 5.73. The first-order valence-electron chi connectivity index (χ1n) is 9.35. The van der Waals surface area contributed by atoms with E-state index in [4.69, 9.17) is 0 Å². The molecule has 0 aliphatic carbocycles. The van der Waals surface area contributed by atoms with Crippen LogP contribution in [0.4, 0.5) is 0 Å². The highest BCUT2D eigenvalue weighted by atomic mass is 32.2. The van der Waals surface area contributed by atoms with Gasteiger partial charge in [-0.25, -0.2) is 0 Å². The lowest BCUT2D eigenvalue weighted by Gasteiger charge is -2.10. The molecule has 3 aromatic carbocycles. The van der Waals surface area contributed by atoms with Crippen LogP contribution in [-0.4, -0.2) is 20.1 Å². The zero-order valence-corrected chi connectivity index (χ0v) is 16.8. The van der Waals surface area contributed by atoms with E-state index < -0.39 is 0 Å². The van der Waals surface area contributed by atoms with Gasteiger partial charge in [-0.3, -0.25) is 0 Å². The molecule has 144 valence electrons. The first kappa shape index (κ1) is 19.0. The molecule has 0 fully saturated rings. The van der Waals surface area contributed by atoms with Crippen LogP contribution in [0, 0.1) is 0 Å². The van der Waals surface area contributed by atoms with Crippen LogP contribution in [0.3, 0.4) is 0 Å². The van der Waals surface area contributed by atoms with Crippen LogP contribution in [0.25, 0.3) is 16.7 Å². The summed E-state index contributed by atoms with van der Waals surface area (Å²) in [4.78, 5) is 3.77. The molecule has 4 rings (SSSR count). The monoisotopic (exact) mass is 399 g/mol. The second-order valence-corrected chi connectivity index (χ2v) is 7.81. The number of allylic oxidation sites excluding steroid dienone is 2. The molecule has 4 aromatic rings. The first-order valence-corrected chi connectivity index (χ1v) is 10.2. The Kier molecular flexibility index (Phi) is 5.49. The first-order chi connectivity index (χ1) is 14.2. The Bertz CT molecular complexity index is 1180. The number of aromatic nitrogens is 3. The number of phenolic OH excluding ortho intramolecular Hbond substituents is 1. The third-order valence-electron chi connectivity index (χ3n) is 4.52. The highest BCUT2D eigenvalue weighted by Gasteiger charge is 2.14. The van der Waals surface area contributed by atoms with Gasteiger partial charge in [-0.15, -0.1) is 28.2 Å². The Morgan fingerprint density at radius 1 is 0.862 bits per heavy atom. The van der Waals surface area contributed by atoms with Crippen molar-refractivity contribution in [2.75, 3.05) is 0 Å². The van der Waals surface area contributed by atoms with Gasteiger partial charge in [0.15, 0.2) is 0 Å². The molecule has 0 radical (unpaired) electrons. The number of nitrogens with zero attached hydrogens (tertiary/aromatic N) is 3. The molecule has 0 aliphatic heterocycles. The van der Waals surface area contributed by atoms with Crippen molar-refractivity contribution in [3.8, 4) is 11.4 Å². The summed E-state index contributed by atoms with van der Waals surface area (Å²) in [6, 6.07) is 20.1. The molecule has 1 heterocycles. The fourth-order valence-corrected chi connectivity index (χ4v) is 4.05. The molecule has 29 heavy (non-hydrogen) atoms. The summed E-state index contributed by atoms with van der Waals surface area (Å²) in [5.41, 5.74) is 3.97. The molecule has 0 saturated heterocycles. The van der Waals surface area contributed by atoms with Crippen LogP contribution in [0.1, 0.15) is 11.1 Å². The van der Waals surface area contributed by atoms with Crippen molar-refractivity contribution in [3.63, 3.8) is 0 Å². The highest BCUT2D eigenvalue weighted by Crippen LogP contribution is 2.31. The number of phenols is 1. The molecule has 0 atom stereocenters. The van der Waals surface area contributed by atoms with Crippen molar-refractivity contribution < 1.29 is 5.11 Å². The summed E-state index contributed by atoms with van der Waals surface area (Å²) < 4.78 is 0. The molecule has 0 amide bonds. The Labute approximate surface area is 174 Å². The Hall–Kier alpha value is -3.31. The summed E-state index contributed by atoms with van der Waals surface area (Å²) in [5.74, 6) is 0.178. The van der Waals surface area contributed by atoms with E-state index in [9.17, 15) is 5.11 Å². The van der Waals surface area contributed by atoms with E-state index >= 15 is 0 Å². The number of aromatic hydroxyl groups is 1. The van der Waals surface area contributed by atoms with Crippen molar-refractivity contribution >= 4 is 22.8 Å². The SMILES string of the molecule is C=CCc1cc(CC=C)c(O)c(-n2nc3ccc(Sc4ccccc4)cc3n2)c1. The van der Waals surface area contributed by atoms with Gasteiger partial charge in [0, 0.05) is 15.4 Å². The maximum atomic E-state index is 10.8. The van der Waals surface area contributed by atoms with Gasteiger partial charge in [-0.1, -0.05) is 48.2 Å². The van der Waals surface area contributed by atoms with Crippen LogP contribution in [0.15, 0.2) is 95.8 Å². The summed E-state index contributed by atoms with van der Waals surface area (Å²) >= 11 is 1.68. The van der Waals surface area contributed by atoms with E-state index in [0.717, 1.165) is 27.1 Å². The van der Waals surface area contributed by atoms with Crippen LogP contribution >= 0.6 is 11.8 Å². The van der Waals surface area contributed by atoms with Crippen molar-refractivity contribution in [1.29, 1.82) is 0 Å². The largest absolute Gasteiger partial charge is 0.505 e. The smallest absolute Gasteiger partial charge is 0.146 e. The fraction of sp³-hybridized carbons (Fsp3) is 0.0833. The molecule has 0 saturated carbocycles. The lowest BCUT2D eigenvalue weighted by molar-refractivity contribution is 0.462. The number of hydrogen-bond donors (Lipinski definition) is 1. The van der Waals surface area contributed by atoms with Crippen molar-refractivity contribution in [2.45, 2.75) is 22.6 Å². The van der Waals surface area contributed by atoms with Crippen LogP contribution in [-0.2, 0) is 12.8 Å². The maximum Gasteiger partial charge on any atom is 0.146 e. The molecule has 0 unspecified atom stereocenters. The molecule has 1 aromatic heterocycles. The van der Waals surface area contributed by atoms with E-state index in [2.05, 4.69) is 35.5 Å². The van der Waals surface area contributed by atoms with Gasteiger partial charge in [0.1, 0.15) is 22.5 Å². The molecule has 5 heteroatoms. The number of fused-ring (bicyclic) bond motifs is 1. The van der Waals surface area contributed by atoms with E-state index in [1.165, 1.54) is 9.69 Å². The topological polar surface area (TPSA) is 50.9 Å². The standard InChI is InChI=1S/C24H21N3OS/c1-3-8-17-14-18(9-4-2)24(28)23(15-17)27-25-21-13-12-20(16-22(21)26-27)29-19-10-6-5-7-11-19/h3-7,10-16,28H,1-2,8-9H2. The average molecular weight is 400 g/mol. The summed E-state index contributed by atoms with van der Waals surface area (Å²) in [6.45, 7) is 7.59. The minimum atomic E-state index is 0.178. The number of hydrogen-bond acceptors (Lipinski definition) is 4. The molecular formula is C24H21N3OS. The zero-order chi connectivity index (χ0) is 20.2. The molecule has 1 N–H and O–H groups in total. The summed E-state index contributed by atoms with van der Waals surface area (Å²) in [7, 11) is 0.